The molecule has 1 aromatic heterocycles. The lowest BCUT2D eigenvalue weighted by Crippen LogP contribution is -2.10. The van der Waals surface area contributed by atoms with Crippen LogP contribution in [0.25, 0.3) is 0 Å². The van der Waals surface area contributed by atoms with Crippen LogP contribution in [0.2, 0.25) is 5.15 Å². The summed E-state index contributed by atoms with van der Waals surface area (Å²) in [6.45, 7) is 10.1. The topological polar surface area (TPSA) is 52.1 Å². The lowest BCUT2D eigenvalue weighted by molar-refractivity contribution is 0.0540. The van der Waals surface area contributed by atoms with Gasteiger partial charge in [-0.15, -0.1) is 0 Å². The fourth-order valence-electron chi connectivity index (χ4n) is 0.680. The maximum Gasteiger partial charge on any atom is 0.360 e. The number of carbonyl (C=O) groups excluding carboxylic acids is 1. The van der Waals surface area contributed by atoms with Gasteiger partial charge < -0.3 is 4.74 Å². The zero-order valence-corrected chi connectivity index (χ0v) is 9.17. The van der Waals surface area contributed by atoms with Crippen molar-refractivity contribution in [2.75, 3.05) is 6.61 Å². The zero-order chi connectivity index (χ0) is 10.7. The van der Waals surface area contributed by atoms with Gasteiger partial charge in [0.2, 0.25) is 0 Å². The molecule has 0 atom stereocenters. The van der Waals surface area contributed by atoms with Gasteiger partial charge in [0.1, 0.15) is 4.60 Å². The first kappa shape index (κ1) is 11.4. The van der Waals surface area contributed by atoms with Gasteiger partial charge in [-0.1, -0.05) is 11.6 Å². The smallest absolute Gasteiger partial charge is 0.360 e. The van der Waals surface area contributed by atoms with Gasteiger partial charge >= 0.3 is 5.97 Å². The van der Waals surface area contributed by atoms with E-state index in [1.54, 1.807) is 0 Å². The summed E-state index contributed by atoms with van der Waals surface area (Å²) in [4.78, 5) is 18.6. The number of hydrogen-bond acceptors (Lipinski definition) is 4. The Kier molecular flexibility index (Phi) is 3.83. The highest BCUT2D eigenvalue weighted by molar-refractivity contribution is 9.10. The standard InChI is InChI=1S/C8H4BrClN2O2/c1-3-14-8(13)5-7(10)11-4(2)6(9)12-5/h1-2H,3H2. The molecule has 0 saturated heterocycles. The van der Waals surface area contributed by atoms with E-state index in [1.807, 2.05) is 0 Å². The van der Waals surface area contributed by atoms with Gasteiger partial charge in [-0.05, 0) is 15.9 Å². The molecule has 1 aromatic rings. The van der Waals surface area contributed by atoms with Crippen molar-refractivity contribution in [3.05, 3.63) is 35.0 Å². The summed E-state index contributed by atoms with van der Waals surface area (Å²) in [6, 6.07) is 0. The Hall–Kier alpha value is -0.680. The van der Waals surface area contributed by atoms with Crippen LogP contribution in [0.1, 0.15) is 16.2 Å². The maximum absolute atomic E-state index is 11.2. The first-order valence-corrected chi connectivity index (χ1v) is 4.59. The van der Waals surface area contributed by atoms with Crippen LogP contribution in [-0.4, -0.2) is 22.5 Å². The summed E-state index contributed by atoms with van der Waals surface area (Å²) in [6.07, 6.45) is 0. The molecule has 0 bridgehead atoms. The quantitative estimate of drug-likeness (QED) is 0.773. The highest BCUT2D eigenvalue weighted by Gasteiger charge is 2.16. The summed E-state index contributed by atoms with van der Waals surface area (Å²) >= 11 is 8.62. The van der Waals surface area contributed by atoms with E-state index >= 15 is 0 Å². The van der Waals surface area contributed by atoms with Crippen LogP contribution in [-0.2, 0) is 4.74 Å². The van der Waals surface area contributed by atoms with Crippen LogP contribution in [0.5, 0.6) is 0 Å². The fraction of sp³-hybridized carbons (Fsp3) is 0.125. The minimum Gasteiger partial charge on any atom is -0.461 e. The number of halogens is 2. The van der Waals surface area contributed by atoms with Crippen molar-refractivity contribution in [2.45, 2.75) is 0 Å². The number of ether oxygens (including phenoxy) is 1. The Morgan fingerprint density at radius 3 is 2.79 bits per heavy atom. The molecule has 6 heteroatoms. The van der Waals surface area contributed by atoms with E-state index < -0.39 is 5.97 Å². The summed E-state index contributed by atoms with van der Waals surface area (Å²) in [7, 11) is 0. The normalized spacial score (nSPS) is 10.0. The van der Waals surface area contributed by atoms with Gasteiger partial charge in [-0.25, -0.2) is 14.8 Å². The van der Waals surface area contributed by atoms with E-state index in [1.165, 1.54) is 0 Å². The van der Waals surface area contributed by atoms with Gasteiger partial charge in [0, 0.05) is 13.8 Å². The zero-order valence-electron chi connectivity index (χ0n) is 6.83. The maximum atomic E-state index is 11.2. The molecule has 0 aliphatic carbocycles. The minimum absolute atomic E-state index is 0.0966. The van der Waals surface area contributed by atoms with Gasteiger partial charge in [-0.2, -0.15) is 0 Å². The average molecular weight is 275 g/mol. The van der Waals surface area contributed by atoms with E-state index in [0.29, 0.717) is 0 Å². The molecule has 4 radical (unpaired) electrons. The molecule has 0 aliphatic heterocycles. The predicted molar refractivity (Wildman–Crippen MR) is 52.7 cm³/mol. The molecular formula is C8H4BrClN2O2. The molecule has 0 spiro atoms. The third-order valence-corrected chi connectivity index (χ3v) is 2.09. The lowest BCUT2D eigenvalue weighted by Gasteiger charge is -2.04. The number of esters is 1. The van der Waals surface area contributed by atoms with Gasteiger partial charge in [-0.3, -0.25) is 0 Å². The van der Waals surface area contributed by atoms with Crippen LogP contribution >= 0.6 is 27.5 Å². The second-order valence-corrected chi connectivity index (χ2v) is 3.25. The monoisotopic (exact) mass is 274 g/mol. The summed E-state index contributed by atoms with van der Waals surface area (Å²) in [5.74, 6) is -0.745. The van der Waals surface area contributed by atoms with Crippen molar-refractivity contribution in [3.63, 3.8) is 0 Å². The number of carbonyl (C=O) groups is 1. The van der Waals surface area contributed by atoms with Crippen LogP contribution in [0, 0.1) is 13.8 Å². The summed E-state index contributed by atoms with van der Waals surface area (Å²) < 4.78 is 4.72. The van der Waals surface area contributed by atoms with E-state index in [2.05, 4.69) is 30.6 Å². The molecule has 72 valence electrons. The van der Waals surface area contributed by atoms with Crippen molar-refractivity contribution in [2.24, 2.45) is 0 Å². The van der Waals surface area contributed by atoms with Gasteiger partial charge in [0.25, 0.3) is 0 Å². The molecule has 1 rings (SSSR count). The molecule has 4 nitrogen and oxygen atoms in total. The Balaban J connectivity index is 3.09. The van der Waals surface area contributed by atoms with E-state index in [9.17, 15) is 4.79 Å². The number of hydrogen-bond donors (Lipinski definition) is 0. The molecular weight excluding hydrogens is 271 g/mol. The molecule has 14 heavy (non-hydrogen) atoms. The van der Waals surface area contributed by atoms with Crippen molar-refractivity contribution in [1.29, 1.82) is 0 Å². The average Bonchev–Trinajstić information content (AvgIpc) is 2.11. The second kappa shape index (κ2) is 4.70. The van der Waals surface area contributed by atoms with Crippen molar-refractivity contribution in [3.8, 4) is 0 Å². The summed E-state index contributed by atoms with van der Waals surface area (Å²) in [5.41, 5.74) is -0.0301. The molecule has 0 aliphatic rings. The molecule has 0 N–H and O–H groups in total. The molecule has 0 aromatic carbocycles. The molecule has 0 amide bonds. The number of nitrogens with zero attached hydrogens (tertiary/aromatic N) is 2. The van der Waals surface area contributed by atoms with Crippen LogP contribution in [0.15, 0.2) is 4.60 Å². The van der Waals surface area contributed by atoms with Crippen LogP contribution in [0.3, 0.4) is 0 Å². The number of aromatic nitrogens is 2. The van der Waals surface area contributed by atoms with Crippen LogP contribution in [0.4, 0.5) is 0 Å². The van der Waals surface area contributed by atoms with Crippen molar-refractivity contribution >= 4 is 33.5 Å². The molecule has 1 heterocycles. The Morgan fingerprint density at radius 1 is 1.57 bits per heavy atom. The van der Waals surface area contributed by atoms with Crippen molar-refractivity contribution in [1.82, 2.24) is 9.97 Å². The second-order valence-electron chi connectivity index (χ2n) is 2.14. The molecule has 0 saturated carbocycles. The van der Waals surface area contributed by atoms with Crippen molar-refractivity contribution < 1.29 is 9.53 Å². The minimum atomic E-state index is -0.745. The number of rotatable bonds is 2. The lowest BCUT2D eigenvalue weighted by atomic mass is 10.4. The predicted octanol–water partition coefficient (Wildman–Crippen LogP) is 1.82. The highest BCUT2D eigenvalue weighted by atomic mass is 79.9. The molecule has 0 fully saturated rings. The Morgan fingerprint density at radius 2 is 2.21 bits per heavy atom. The largest absolute Gasteiger partial charge is 0.461 e. The SMILES string of the molecule is [CH]COC(=O)c1nc(Br)c([CH])nc1Cl. The molecule has 0 unspecified atom stereocenters. The first-order chi connectivity index (χ1) is 6.56. The highest BCUT2D eigenvalue weighted by Crippen LogP contribution is 2.18. The van der Waals surface area contributed by atoms with E-state index in [4.69, 9.17) is 25.4 Å². The fourth-order valence-corrected chi connectivity index (χ4v) is 1.16. The van der Waals surface area contributed by atoms with E-state index in [0.717, 1.165) is 0 Å². The van der Waals surface area contributed by atoms with Gasteiger partial charge in [0.15, 0.2) is 10.8 Å². The first-order valence-electron chi connectivity index (χ1n) is 3.42. The Labute approximate surface area is 94.8 Å². The third-order valence-electron chi connectivity index (χ3n) is 1.24. The van der Waals surface area contributed by atoms with E-state index in [-0.39, 0.29) is 27.8 Å². The summed E-state index contributed by atoms with van der Waals surface area (Å²) in [5, 5.41) is -0.121. The van der Waals surface area contributed by atoms with Gasteiger partial charge in [0.05, 0.1) is 12.3 Å². The van der Waals surface area contributed by atoms with Crippen LogP contribution < -0.4 is 0 Å². The Bertz CT molecular complexity index is 371. The third kappa shape index (κ3) is 2.42.